The van der Waals surface area contributed by atoms with Crippen LogP contribution in [0.15, 0.2) is 41.8 Å². The van der Waals surface area contributed by atoms with Crippen LogP contribution in [0.4, 0.5) is 0 Å². The Hall–Kier alpha value is -2.38. The molecule has 1 N–H and O–H groups in total. The number of amides is 2. The fourth-order valence-electron chi connectivity index (χ4n) is 3.25. The lowest BCUT2D eigenvalue weighted by atomic mass is 10.2. The number of nitrogens with one attached hydrogen (secondary N) is 1. The summed E-state index contributed by atoms with van der Waals surface area (Å²) in [5.41, 5.74) is 1.09. The van der Waals surface area contributed by atoms with Gasteiger partial charge in [-0.25, -0.2) is 0 Å². The fourth-order valence-corrected chi connectivity index (χ4v) is 4.05. The molecule has 2 aromatic rings. The van der Waals surface area contributed by atoms with Crippen molar-refractivity contribution in [3.8, 4) is 5.75 Å². The smallest absolute Gasteiger partial charge is 0.267 e. The van der Waals surface area contributed by atoms with Gasteiger partial charge < -0.3 is 15.0 Å². The monoisotopic (exact) mass is 401 g/mol. The molecule has 3 rings (SSSR count). The SMILES string of the molecule is CCOc1ccsc1C(=O)N1CCCN(CC(=O)NCc2ccccc2)CC1. The van der Waals surface area contributed by atoms with E-state index in [1.807, 2.05) is 53.6 Å². The van der Waals surface area contributed by atoms with E-state index in [-0.39, 0.29) is 11.8 Å². The lowest BCUT2D eigenvalue weighted by Crippen LogP contribution is -2.39. The predicted molar refractivity (Wildman–Crippen MR) is 111 cm³/mol. The molecule has 6 nitrogen and oxygen atoms in total. The Morgan fingerprint density at radius 2 is 1.93 bits per heavy atom. The quantitative estimate of drug-likeness (QED) is 0.775. The maximum absolute atomic E-state index is 12.9. The fraction of sp³-hybridized carbons (Fsp3) is 0.429. The molecule has 0 saturated carbocycles. The summed E-state index contributed by atoms with van der Waals surface area (Å²) in [5, 5.41) is 4.86. The number of thiophene rings is 1. The van der Waals surface area contributed by atoms with Gasteiger partial charge in [0, 0.05) is 32.7 Å². The van der Waals surface area contributed by atoms with Gasteiger partial charge in [0.15, 0.2) is 0 Å². The second-order valence-electron chi connectivity index (χ2n) is 6.73. The van der Waals surface area contributed by atoms with Crippen molar-refractivity contribution in [2.75, 3.05) is 39.3 Å². The number of benzene rings is 1. The zero-order valence-electron chi connectivity index (χ0n) is 16.2. The van der Waals surface area contributed by atoms with E-state index in [1.54, 1.807) is 0 Å². The number of rotatable bonds is 7. The van der Waals surface area contributed by atoms with E-state index >= 15 is 0 Å². The Labute approximate surface area is 170 Å². The molecule has 7 heteroatoms. The zero-order chi connectivity index (χ0) is 19.8. The number of hydrogen-bond acceptors (Lipinski definition) is 5. The highest BCUT2D eigenvalue weighted by atomic mass is 32.1. The normalized spacial score (nSPS) is 15.1. The first-order valence-corrected chi connectivity index (χ1v) is 10.6. The van der Waals surface area contributed by atoms with E-state index in [4.69, 9.17) is 4.74 Å². The Morgan fingerprint density at radius 3 is 2.71 bits per heavy atom. The van der Waals surface area contributed by atoms with Crippen LogP contribution in [-0.2, 0) is 11.3 Å². The lowest BCUT2D eigenvalue weighted by Gasteiger charge is -2.21. The molecule has 0 radical (unpaired) electrons. The molecule has 1 saturated heterocycles. The molecule has 1 aromatic heterocycles. The molecule has 0 atom stereocenters. The van der Waals surface area contributed by atoms with Crippen molar-refractivity contribution in [2.45, 2.75) is 19.9 Å². The molecule has 1 aliphatic rings. The maximum Gasteiger partial charge on any atom is 0.267 e. The molecule has 28 heavy (non-hydrogen) atoms. The van der Waals surface area contributed by atoms with Crippen molar-refractivity contribution >= 4 is 23.2 Å². The standard InChI is InChI=1S/C21H27N3O3S/c1-2-27-18-9-14-28-20(18)21(26)24-11-6-10-23(12-13-24)16-19(25)22-15-17-7-4-3-5-8-17/h3-5,7-9,14H,2,6,10-13,15-16H2,1H3,(H,22,25). The van der Waals surface area contributed by atoms with Gasteiger partial charge in [0.25, 0.3) is 5.91 Å². The van der Waals surface area contributed by atoms with E-state index in [1.165, 1.54) is 11.3 Å². The highest BCUT2D eigenvalue weighted by molar-refractivity contribution is 7.12. The lowest BCUT2D eigenvalue weighted by molar-refractivity contribution is -0.122. The van der Waals surface area contributed by atoms with Gasteiger partial charge in [-0.1, -0.05) is 30.3 Å². The van der Waals surface area contributed by atoms with Crippen LogP contribution in [0, 0.1) is 0 Å². The number of ether oxygens (including phenoxy) is 1. The highest BCUT2D eigenvalue weighted by Gasteiger charge is 2.24. The largest absolute Gasteiger partial charge is 0.492 e. The summed E-state index contributed by atoms with van der Waals surface area (Å²) in [6, 6.07) is 11.7. The van der Waals surface area contributed by atoms with Crippen LogP contribution in [0.25, 0.3) is 0 Å². The van der Waals surface area contributed by atoms with Crippen molar-refractivity contribution in [3.63, 3.8) is 0 Å². The van der Waals surface area contributed by atoms with Crippen molar-refractivity contribution < 1.29 is 14.3 Å². The summed E-state index contributed by atoms with van der Waals surface area (Å²) in [7, 11) is 0. The molecule has 1 aromatic carbocycles. The summed E-state index contributed by atoms with van der Waals surface area (Å²) in [5.74, 6) is 0.702. The minimum absolute atomic E-state index is 0.0144. The van der Waals surface area contributed by atoms with Crippen LogP contribution in [0.1, 0.15) is 28.6 Å². The first-order chi connectivity index (χ1) is 13.7. The first-order valence-electron chi connectivity index (χ1n) is 9.70. The van der Waals surface area contributed by atoms with Crippen molar-refractivity contribution in [3.05, 3.63) is 52.2 Å². The molecule has 0 spiro atoms. The molecule has 2 heterocycles. The van der Waals surface area contributed by atoms with E-state index in [0.717, 1.165) is 18.5 Å². The van der Waals surface area contributed by atoms with E-state index in [9.17, 15) is 9.59 Å². The number of hydrogen-bond donors (Lipinski definition) is 1. The Morgan fingerprint density at radius 1 is 1.11 bits per heavy atom. The minimum atomic E-state index is 0.0144. The summed E-state index contributed by atoms with van der Waals surface area (Å²) in [6.07, 6.45) is 0.854. The van der Waals surface area contributed by atoms with Crippen LogP contribution in [0.3, 0.4) is 0 Å². The van der Waals surface area contributed by atoms with Crippen molar-refractivity contribution in [2.24, 2.45) is 0 Å². The van der Waals surface area contributed by atoms with E-state index in [2.05, 4.69) is 10.2 Å². The molecular weight excluding hydrogens is 374 g/mol. The topological polar surface area (TPSA) is 61.9 Å². The second kappa shape index (κ2) is 10.2. The van der Waals surface area contributed by atoms with Gasteiger partial charge in [-0.2, -0.15) is 0 Å². The maximum atomic E-state index is 12.9. The summed E-state index contributed by atoms with van der Waals surface area (Å²) in [4.78, 5) is 29.8. The molecule has 0 aliphatic carbocycles. The van der Waals surface area contributed by atoms with Gasteiger partial charge >= 0.3 is 0 Å². The predicted octanol–water partition coefficient (Wildman–Crippen LogP) is 2.61. The van der Waals surface area contributed by atoms with E-state index in [0.29, 0.717) is 50.0 Å². The third-order valence-electron chi connectivity index (χ3n) is 4.70. The van der Waals surface area contributed by atoms with Gasteiger partial charge in [0.2, 0.25) is 5.91 Å². The summed E-state index contributed by atoms with van der Waals surface area (Å²) in [6.45, 7) is 6.18. The number of carbonyl (C=O) groups excluding carboxylic acids is 2. The summed E-state index contributed by atoms with van der Waals surface area (Å²) < 4.78 is 5.56. The van der Waals surface area contributed by atoms with Gasteiger partial charge in [-0.05, 0) is 30.4 Å². The molecule has 1 aliphatic heterocycles. The van der Waals surface area contributed by atoms with Gasteiger partial charge in [-0.15, -0.1) is 11.3 Å². The Balaban J connectivity index is 1.48. The third kappa shape index (κ3) is 5.56. The molecule has 150 valence electrons. The van der Waals surface area contributed by atoms with Gasteiger partial charge in [0.1, 0.15) is 10.6 Å². The van der Waals surface area contributed by atoms with Crippen LogP contribution in [0.2, 0.25) is 0 Å². The van der Waals surface area contributed by atoms with Crippen LogP contribution >= 0.6 is 11.3 Å². The second-order valence-corrected chi connectivity index (χ2v) is 7.65. The van der Waals surface area contributed by atoms with Crippen molar-refractivity contribution in [1.29, 1.82) is 0 Å². The van der Waals surface area contributed by atoms with Crippen LogP contribution < -0.4 is 10.1 Å². The zero-order valence-corrected chi connectivity index (χ0v) is 17.0. The molecule has 0 unspecified atom stereocenters. The molecule has 0 bridgehead atoms. The third-order valence-corrected chi connectivity index (χ3v) is 5.58. The summed E-state index contributed by atoms with van der Waals surface area (Å²) >= 11 is 1.42. The van der Waals surface area contributed by atoms with Crippen molar-refractivity contribution in [1.82, 2.24) is 15.1 Å². The van der Waals surface area contributed by atoms with E-state index < -0.39 is 0 Å². The van der Waals surface area contributed by atoms with Crippen LogP contribution in [-0.4, -0.2) is 60.9 Å². The Bertz CT molecular complexity index is 778. The first kappa shape index (κ1) is 20.4. The van der Waals surface area contributed by atoms with Crippen LogP contribution in [0.5, 0.6) is 5.75 Å². The van der Waals surface area contributed by atoms with Gasteiger partial charge in [-0.3, -0.25) is 14.5 Å². The average molecular weight is 402 g/mol. The molecule has 1 fully saturated rings. The molecule has 2 amide bonds. The average Bonchev–Trinajstić information content (AvgIpc) is 3.05. The van der Waals surface area contributed by atoms with Gasteiger partial charge in [0.05, 0.1) is 13.2 Å². The minimum Gasteiger partial charge on any atom is -0.492 e. The Kier molecular flexibility index (Phi) is 7.45. The number of nitrogens with zero attached hydrogens (tertiary/aromatic N) is 2. The highest BCUT2D eigenvalue weighted by Crippen LogP contribution is 2.26. The molecular formula is C21H27N3O3S. The number of carbonyl (C=O) groups is 2.